The van der Waals surface area contributed by atoms with E-state index >= 15 is 0 Å². The van der Waals surface area contributed by atoms with E-state index in [9.17, 15) is 18.0 Å². The Labute approximate surface area is 348 Å². The number of rotatable bonds is 16. The van der Waals surface area contributed by atoms with Gasteiger partial charge in [-0.2, -0.15) is 8.42 Å². The van der Waals surface area contributed by atoms with Crippen molar-refractivity contribution in [3.63, 3.8) is 0 Å². The van der Waals surface area contributed by atoms with Crippen LogP contribution in [-0.2, 0) is 74.1 Å². The van der Waals surface area contributed by atoms with Crippen LogP contribution < -0.4 is 0 Å². The molecule has 0 radical (unpaired) electrons. The highest BCUT2D eigenvalue weighted by atomic mass is 35.6. The van der Waals surface area contributed by atoms with Crippen LogP contribution in [0.25, 0.3) is 0 Å². The van der Waals surface area contributed by atoms with Crippen LogP contribution in [0.15, 0.2) is 60.7 Å². The number of benzene rings is 2. The standard InChI is InChI=1S/C39H50Cl3NO13S/c1-23(44)15-17-32(45)52-29-16-18-33(49-24(29)2)53-31-20-34(51-26(4)37(31)56-57(46,47)22-28-13-9-6-10-14-28)54-36-25(3)50-35(55-38(43)39(40,41)42)19-30(36)48-21-27-11-7-5-8-12-27/h5-14,24-26,29-31,33-37,43H,15-22H2,1-4H3/t24-,25+,26+,29-,30+,31+,33-,34-,35?,36+,37+/m0/s1. The van der Waals surface area contributed by atoms with Crippen molar-refractivity contribution >= 4 is 62.6 Å². The van der Waals surface area contributed by atoms with Gasteiger partial charge in [-0.05, 0) is 45.2 Å². The van der Waals surface area contributed by atoms with Gasteiger partial charge in [0.1, 0.15) is 29.8 Å². The van der Waals surface area contributed by atoms with E-state index in [2.05, 4.69) is 0 Å². The van der Waals surface area contributed by atoms with Gasteiger partial charge in [0.15, 0.2) is 12.6 Å². The minimum Gasteiger partial charge on any atom is -0.460 e. The first-order valence-electron chi connectivity index (χ1n) is 18.8. The molecule has 5 rings (SSSR count). The van der Waals surface area contributed by atoms with Crippen LogP contribution in [-0.4, -0.2) is 97.6 Å². The summed E-state index contributed by atoms with van der Waals surface area (Å²) in [7, 11) is -4.13. The average Bonchev–Trinajstić information content (AvgIpc) is 3.14. The van der Waals surface area contributed by atoms with E-state index in [0.717, 1.165) is 5.56 Å². The lowest BCUT2D eigenvalue weighted by Gasteiger charge is -2.45. The van der Waals surface area contributed by atoms with E-state index in [1.54, 1.807) is 51.1 Å². The summed E-state index contributed by atoms with van der Waals surface area (Å²) in [4.78, 5) is 23.7. The maximum atomic E-state index is 13.4. The third-order valence-corrected chi connectivity index (χ3v) is 11.4. The third-order valence-electron chi connectivity index (χ3n) is 9.67. The summed E-state index contributed by atoms with van der Waals surface area (Å²) in [6, 6.07) is 18.2. The van der Waals surface area contributed by atoms with Gasteiger partial charge in [-0.3, -0.25) is 14.4 Å². The number of carbonyl (C=O) groups excluding carboxylic acids is 2. The fourth-order valence-electron chi connectivity index (χ4n) is 6.81. The van der Waals surface area contributed by atoms with Crippen molar-refractivity contribution in [2.45, 2.75) is 150 Å². The highest BCUT2D eigenvalue weighted by Crippen LogP contribution is 2.36. The maximum Gasteiger partial charge on any atom is 0.306 e. The number of carbonyl (C=O) groups is 2. The SMILES string of the molecule is CC(=O)CCC(=O)O[C@H]1CC[C@H](O[C@@H]2C[C@H](O[C@@H]3[C@@H](C)OC(OC(=N)C(Cl)(Cl)Cl)C[C@H]3OCc3ccccc3)O[C@H](C)[C@H]2OS(=O)(=O)Cc2ccccc2)O[C@H]1C. The highest BCUT2D eigenvalue weighted by molar-refractivity contribution is 7.85. The molecule has 2 aromatic carbocycles. The van der Waals surface area contributed by atoms with Crippen LogP contribution >= 0.6 is 34.8 Å². The largest absolute Gasteiger partial charge is 0.460 e. The molecule has 1 unspecified atom stereocenters. The maximum absolute atomic E-state index is 13.4. The Kier molecular flexibility index (Phi) is 16.6. The highest BCUT2D eigenvalue weighted by Gasteiger charge is 2.47. The molecular weight excluding hydrogens is 829 g/mol. The molecule has 0 spiro atoms. The number of alkyl halides is 3. The van der Waals surface area contributed by atoms with Crippen molar-refractivity contribution in [3.8, 4) is 0 Å². The normalized spacial score (nSPS) is 31.0. The molecule has 3 aliphatic rings. The second-order valence-corrected chi connectivity index (χ2v) is 18.3. The second kappa shape index (κ2) is 20.7. The van der Waals surface area contributed by atoms with Gasteiger partial charge in [0.05, 0.1) is 43.5 Å². The van der Waals surface area contributed by atoms with E-state index in [0.29, 0.717) is 18.4 Å². The Balaban J connectivity index is 1.31. The van der Waals surface area contributed by atoms with Crippen LogP contribution in [0.2, 0.25) is 0 Å². The molecule has 0 amide bonds. The lowest BCUT2D eigenvalue weighted by Crippen LogP contribution is -2.56. The minimum atomic E-state index is -4.13. The molecule has 14 nitrogen and oxygen atoms in total. The third kappa shape index (κ3) is 14.1. The van der Waals surface area contributed by atoms with E-state index < -0.39 is 93.5 Å². The average molecular weight is 879 g/mol. The van der Waals surface area contributed by atoms with E-state index in [1.807, 2.05) is 30.3 Å². The smallest absolute Gasteiger partial charge is 0.306 e. The first kappa shape index (κ1) is 45.7. The van der Waals surface area contributed by atoms with Crippen LogP contribution in [0.4, 0.5) is 0 Å². The van der Waals surface area contributed by atoms with Crippen LogP contribution in [0.5, 0.6) is 0 Å². The first-order chi connectivity index (χ1) is 27.0. The van der Waals surface area contributed by atoms with Gasteiger partial charge in [-0.25, -0.2) is 0 Å². The fraction of sp³-hybridized carbons (Fsp3) is 0.615. The second-order valence-electron chi connectivity index (χ2n) is 14.4. The van der Waals surface area contributed by atoms with Gasteiger partial charge in [0.25, 0.3) is 13.9 Å². The fourth-order valence-corrected chi connectivity index (χ4v) is 8.23. The molecule has 2 aromatic rings. The minimum absolute atomic E-state index is 0.0224. The number of hydrogen-bond donors (Lipinski definition) is 1. The zero-order valence-electron chi connectivity index (χ0n) is 32.1. The zero-order chi connectivity index (χ0) is 41.3. The molecule has 3 saturated heterocycles. The van der Waals surface area contributed by atoms with Crippen molar-refractivity contribution in [2.24, 2.45) is 0 Å². The number of hydrogen-bond acceptors (Lipinski definition) is 14. The molecule has 3 heterocycles. The molecule has 57 heavy (non-hydrogen) atoms. The lowest BCUT2D eigenvalue weighted by atomic mass is 9.99. The number of ketones is 1. The quantitative estimate of drug-likeness (QED) is 0.0621. The number of esters is 1. The molecule has 1 N–H and O–H groups in total. The van der Waals surface area contributed by atoms with Gasteiger partial charge in [0, 0.05) is 25.7 Å². The summed E-state index contributed by atoms with van der Waals surface area (Å²) >= 11 is 17.6. The number of Topliss-reactive ketones (excluding diaryl/α,β-unsaturated/α-hetero) is 1. The van der Waals surface area contributed by atoms with Gasteiger partial charge in [-0.15, -0.1) is 0 Å². The number of nitrogens with one attached hydrogen (secondary N) is 1. The van der Waals surface area contributed by atoms with Crippen molar-refractivity contribution in [1.29, 1.82) is 5.41 Å². The number of ether oxygens (including phenoxy) is 8. The Morgan fingerprint density at radius 3 is 1.96 bits per heavy atom. The van der Waals surface area contributed by atoms with Gasteiger partial charge >= 0.3 is 5.97 Å². The molecule has 3 fully saturated rings. The summed E-state index contributed by atoms with van der Waals surface area (Å²) in [6.45, 7) is 6.81. The predicted octanol–water partition coefficient (Wildman–Crippen LogP) is 6.70. The molecule has 11 atom stereocenters. The molecule has 0 aliphatic carbocycles. The summed E-state index contributed by atoms with van der Waals surface area (Å²) in [5.41, 5.74) is 1.46. The zero-order valence-corrected chi connectivity index (χ0v) is 35.2. The summed E-state index contributed by atoms with van der Waals surface area (Å²) in [5.74, 6) is -1.58. The van der Waals surface area contributed by atoms with Crippen LogP contribution in [0, 0.1) is 5.41 Å². The molecule has 316 valence electrons. The van der Waals surface area contributed by atoms with Gasteiger partial charge in [-0.1, -0.05) is 95.5 Å². The Bertz CT molecular complexity index is 1740. The van der Waals surface area contributed by atoms with E-state index in [-0.39, 0.29) is 43.8 Å². The monoisotopic (exact) mass is 877 g/mol. The molecular formula is C39H50Cl3NO13S. The van der Waals surface area contributed by atoms with Crippen LogP contribution in [0.3, 0.4) is 0 Å². The van der Waals surface area contributed by atoms with Crippen molar-refractivity contribution in [1.82, 2.24) is 0 Å². The Morgan fingerprint density at radius 2 is 1.33 bits per heavy atom. The van der Waals surface area contributed by atoms with Crippen molar-refractivity contribution in [2.75, 3.05) is 0 Å². The molecule has 0 bridgehead atoms. The first-order valence-corrected chi connectivity index (χ1v) is 21.6. The molecule has 0 aromatic heterocycles. The summed E-state index contributed by atoms with van der Waals surface area (Å²) in [6.07, 6.45) is -7.85. The van der Waals surface area contributed by atoms with Crippen molar-refractivity contribution < 1.29 is 60.1 Å². The molecule has 18 heteroatoms. The predicted molar refractivity (Wildman–Crippen MR) is 209 cm³/mol. The van der Waals surface area contributed by atoms with Crippen LogP contribution in [0.1, 0.15) is 77.3 Å². The Morgan fingerprint density at radius 1 is 0.737 bits per heavy atom. The van der Waals surface area contributed by atoms with E-state index in [1.165, 1.54) is 6.92 Å². The Hall–Kier alpha value is -2.41. The number of halogens is 3. The summed E-state index contributed by atoms with van der Waals surface area (Å²) < 4.78 is 79.7. The van der Waals surface area contributed by atoms with Gasteiger partial charge < -0.3 is 42.7 Å². The lowest BCUT2D eigenvalue weighted by molar-refractivity contribution is -0.324. The van der Waals surface area contributed by atoms with Gasteiger partial charge in [0.2, 0.25) is 12.2 Å². The van der Waals surface area contributed by atoms with E-state index in [4.69, 9.17) is 82.3 Å². The summed E-state index contributed by atoms with van der Waals surface area (Å²) in [5, 5.41) is 8.08. The molecule has 3 aliphatic heterocycles. The van der Waals surface area contributed by atoms with Crippen molar-refractivity contribution in [3.05, 3.63) is 71.8 Å². The molecule has 0 saturated carbocycles. The topological polar surface area (TPSA) is 175 Å².